The molecular weight excluding hydrogens is 284 g/mol. The normalized spacial score (nSPS) is 12.1. The lowest BCUT2D eigenvalue weighted by Crippen LogP contribution is -2.28. The van der Waals surface area contributed by atoms with Crippen LogP contribution in [0.5, 0.6) is 0 Å². The molecule has 0 saturated heterocycles. The molecule has 0 aliphatic carbocycles. The third kappa shape index (κ3) is 4.90. The Morgan fingerprint density at radius 2 is 2.14 bits per heavy atom. The number of hydrogen-bond donors (Lipinski definition) is 2. The molecule has 2 aromatic rings. The van der Waals surface area contributed by atoms with Gasteiger partial charge < -0.3 is 5.32 Å². The maximum absolute atomic E-state index is 11.9. The molecule has 0 spiro atoms. The first-order valence-electron chi connectivity index (χ1n) is 7.07. The van der Waals surface area contributed by atoms with Crippen molar-refractivity contribution in [2.24, 2.45) is 0 Å². The number of amides is 1. The average Bonchev–Trinajstić information content (AvgIpc) is 2.94. The van der Waals surface area contributed by atoms with E-state index < -0.39 is 0 Å². The Morgan fingerprint density at radius 1 is 1.38 bits per heavy atom. The molecule has 0 saturated carbocycles. The zero-order valence-corrected chi connectivity index (χ0v) is 13.1. The van der Waals surface area contributed by atoms with Gasteiger partial charge in [-0.2, -0.15) is 0 Å². The SMILES string of the molecule is CCCc1nc(SCC(=O)NC(C)c2ccccc2)n[nH]1. The number of benzene rings is 1. The average molecular weight is 304 g/mol. The third-order valence-corrected chi connectivity index (χ3v) is 3.85. The molecule has 0 radical (unpaired) electrons. The van der Waals surface area contributed by atoms with Gasteiger partial charge in [-0.1, -0.05) is 49.0 Å². The van der Waals surface area contributed by atoms with Crippen LogP contribution in [0, 0.1) is 0 Å². The zero-order valence-electron chi connectivity index (χ0n) is 12.3. The van der Waals surface area contributed by atoms with Gasteiger partial charge in [-0.25, -0.2) is 4.98 Å². The van der Waals surface area contributed by atoms with Crippen LogP contribution < -0.4 is 5.32 Å². The molecule has 1 amide bonds. The Morgan fingerprint density at radius 3 is 2.86 bits per heavy atom. The summed E-state index contributed by atoms with van der Waals surface area (Å²) in [6.07, 6.45) is 1.90. The fourth-order valence-electron chi connectivity index (χ4n) is 1.93. The van der Waals surface area contributed by atoms with E-state index in [-0.39, 0.29) is 11.9 Å². The van der Waals surface area contributed by atoms with Gasteiger partial charge in [-0.05, 0) is 18.9 Å². The van der Waals surface area contributed by atoms with Crippen LogP contribution in [-0.2, 0) is 11.2 Å². The second kappa shape index (κ2) is 7.83. The Kier molecular flexibility index (Phi) is 5.80. The minimum atomic E-state index is -0.0156. The van der Waals surface area contributed by atoms with Crippen molar-refractivity contribution >= 4 is 17.7 Å². The molecule has 1 heterocycles. The van der Waals surface area contributed by atoms with Gasteiger partial charge in [-0.15, -0.1) is 5.10 Å². The number of hydrogen-bond acceptors (Lipinski definition) is 4. The monoisotopic (exact) mass is 304 g/mol. The van der Waals surface area contributed by atoms with Crippen molar-refractivity contribution in [3.05, 3.63) is 41.7 Å². The van der Waals surface area contributed by atoms with Gasteiger partial charge in [0.25, 0.3) is 0 Å². The van der Waals surface area contributed by atoms with Crippen LogP contribution >= 0.6 is 11.8 Å². The van der Waals surface area contributed by atoms with Crippen LogP contribution in [0.3, 0.4) is 0 Å². The Balaban J connectivity index is 1.79. The molecule has 5 nitrogen and oxygen atoms in total. The van der Waals surface area contributed by atoms with Crippen molar-refractivity contribution in [2.75, 3.05) is 5.75 Å². The van der Waals surface area contributed by atoms with Gasteiger partial charge in [0.05, 0.1) is 11.8 Å². The van der Waals surface area contributed by atoms with Gasteiger partial charge in [0.2, 0.25) is 11.1 Å². The van der Waals surface area contributed by atoms with Crippen LogP contribution in [0.2, 0.25) is 0 Å². The smallest absolute Gasteiger partial charge is 0.230 e. The number of rotatable bonds is 7. The van der Waals surface area contributed by atoms with Crippen molar-refractivity contribution in [2.45, 2.75) is 37.9 Å². The molecule has 2 N–H and O–H groups in total. The Hall–Kier alpha value is -1.82. The first-order valence-corrected chi connectivity index (χ1v) is 8.06. The molecule has 2 rings (SSSR count). The first kappa shape index (κ1) is 15.6. The predicted molar refractivity (Wildman–Crippen MR) is 84.1 cm³/mol. The topological polar surface area (TPSA) is 70.7 Å². The number of H-pyrrole nitrogens is 1. The second-order valence-electron chi connectivity index (χ2n) is 4.80. The van der Waals surface area contributed by atoms with Crippen LogP contribution in [0.15, 0.2) is 35.5 Å². The third-order valence-electron chi connectivity index (χ3n) is 3.01. The van der Waals surface area contributed by atoms with Crippen molar-refractivity contribution in [1.82, 2.24) is 20.5 Å². The minimum absolute atomic E-state index is 0.00194. The van der Waals surface area contributed by atoms with Crippen molar-refractivity contribution in [3.8, 4) is 0 Å². The van der Waals surface area contributed by atoms with E-state index in [1.807, 2.05) is 37.3 Å². The number of nitrogens with zero attached hydrogens (tertiary/aromatic N) is 2. The molecule has 0 fully saturated rings. The molecule has 0 bridgehead atoms. The standard InChI is InChI=1S/C15H20N4OS/c1-3-7-13-17-15(19-18-13)21-10-14(20)16-11(2)12-8-5-4-6-9-12/h4-6,8-9,11H,3,7,10H2,1-2H3,(H,16,20)(H,17,18,19). The molecular formula is C15H20N4OS. The van der Waals surface area contributed by atoms with Gasteiger partial charge in [0, 0.05) is 6.42 Å². The number of carbonyl (C=O) groups is 1. The molecule has 6 heteroatoms. The molecule has 1 unspecified atom stereocenters. The maximum Gasteiger partial charge on any atom is 0.230 e. The zero-order chi connectivity index (χ0) is 15.1. The highest BCUT2D eigenvalue weighted by molar-refractivity contribution is 7.99. The number of aryl methyl sites for hydroxylation is 1. The summed E-state index contributed by atoms with van der Waals surface area (Å²) in [6.45, 7) is 4.07. The van der Waals surface area contributed by atoms with Crippen LogP contribution in [0.25, 0.3) is 0 Å². The van der Waals surface area contributed by atoms with Crippen LogP contribution in [-0.4, -0.2) is 26.8 Å². The lowest BCUT2D eigenvalue weighted by atomic mass is 10.1. The fourth-order valence-corrected chi connectivity index (χ4v) is 2.56. The van der Waals surface area contributed by atoms with Crippen molar-refractivity contribution < 1.29 is 4.79 Å². The van der Waals surface area contributed by atoms with Gasteiger partial charge in [-0.3, -0.25) is 9.89 Å². The number of aromatic nitrogens is 3. The number of carbonyl (C=O) groups excluding carboxylic acids is 1. The molecule has 1 aromatic carbocycles. The Bertz CT molecular complexity index is 570. The van der Waals surface area contributed by atoms with E-state index >= 15 is 0 Å². The van der Waals surface area contributed by atoms with E-state index in [4.69, 9.17) is 0 Å². The summed E-state index contributed by atoms with van der Waals surface area (Å²) >= 11 is 1.35. The lowest BCUT2D eigenvalue weighted by molar-refractivity contribution is -0.119. The quantitative estimate of drug-likeness (QED) is 0.772. The number of aromatic amines is 1. The minimum Gasteiger partial charge on any atom is -0.349 e. The molecule has 1 aromatic heterocycles. The highest BCUT2D eigenvalue weighted by atomic mass is 32.2. The largest absolute Gasteiger partial charge is 0.349 e. The maximum atomic E-state index is 11.9. The van der Waals surface area contributed by atoms with Gasteiger partial charge in [0.1, 0.15) is 5.82 Å². The van der Waals surface area contributed by atoms with Crippen molar-refractivity contribution in [1.29, 1.82) is 0 Å². The second-order valence-corrected chi connectivity index (χ2v) is 5.75. The van der Waals surface area contributed by atoms with Gasteiger partial charge in [0.15, 0.2) is 0 Å². The highest BCUT2D eigenvalue weighted by Gasteiger charge is 2.11. The van der Waals surface area contributed by atoms with E-state index in [0.717, 1.165) is 24.2 Å². The first-order chi connectivity index (χ1) is 10.2. The summed E-state index contributed by atoms with van der Waals surface area (Å²) in [6, 6.07) is 9.91. The summed E-state index contributed by atoms with van der Waals surface area (Å²) in [7, 11) is 0. The summed E-state index contributed by atoms with van der Waals surface area (Å²) in [5.74, 6) is 1.18. The summed E-state index contributed by atoms with van der Waals surface area (Å²) in [5, 5.41) is 10.6. The predicted octanol–water partition coefficient (Wildman–Crippen LogP) is 2.73. The Labute approximate surface area is 128 Å². The number of thioether (sulfide) groups is 1. The number of nitrogens with one attached hydrogen (secondary N) is 2. The van der Waals surface area contributed by atoms with E-state index in [1.165, 1.54) is 11.8 Å². The molecule has 21 heavy (non-hydrogen) atoms. The van der Waals surface area contributed by atoms with E-state index in [0.29, 0.717) is 10.9 Å². The summed E-state index contributed by atoms with van der Waals surface area (Å²) in [4.78, 5) is 16.3. The van der Waals surface area contributed by atoms with E-state index in [9.17, 15) is 4.79 Å². The molecule has 0 aliphatic rings. The molecule has 112 valence electrons. The highest BCUT2D eigenvalue weighted by Crippen LogP contribution is 2.14. The van der Waals surface area contributed by atoms with Crippen molar-refractivity contribution in [3.63, 3.8) is 0 Å². The summed E-state index contributed by atoms with van der Waals surface area (Å²) < 4.78 is 0. The lowest BCUT2D eigenvalue weighted by Gasteiger charge is -2.13. The van der Waals surface area contributed by atoms with E-state index in [2.05, 4.69) is 27.4 Å². The van der Waals surface area contributed by atoms with E-state index in [1.54, 1.807) is 0 Å². The fraction of sp³-hybridized carbons (Fsp3) is 0.400. The molecule has 0 aliphatic heterocycles. The van der Waals surface area contributed by atoms with Gasteiger partial charge >= 0.3 is 0 Å². The van der Waals surface area contributed by atoms with Crippen LogP contribution in [0.1, 0.15) is 37.7 Å². The molecule has 1 atom stereocenters. The van der Waals surface area contributed by atoms with Crippen LogP contribution in [0.4, 0.5) is 0 Å². The summed E-state index contributed by atoms with van der Waals surface area (Å²) in [5.41, 5.74) is 1.10.